The molecule has 6 atom stereocenters. The molecule has 1 aliphatic carbocycles. The largest absolute Gasteiger partial charge is 0.391 e. The SMILES string of the molecule is N#CCCCC1[C@@H](O)[C@@H](NCCC#N)C(O)[C@@H](NCCC#N)[C@H]1O. The second-order valence-electron chi connectivity index (χ2n) is 5.96. The number of unbranched alkanes of at least 4 members (excludes halogenated alkanes) is 1. The van der Waals surface area contributed by atoms with Crippen molar-refractivity contribution in [2.45, 2.75) is 62.5 Å². The fourth-order valence-corrected chi connectivity index (χ4v) is 3.19. The zero-order chi connectivity index (χ0) is 17.9. The topological polar surface area (TPSA) is 156 Å². The Morgan fingerprint density at radius 1 is 0.708 bits per heavy atom. The van der Waals surface area contributed by atoms with Gasteiger partial charge in [-0.05, 0) is 12.8 Å². The first-order valence-electron chi connectivity index (χ1n) is 8.20. The van der Waals surface area contributed by atoms with Gasteiger partial charge in [0.2, 0.25) is 0 Å². The molecular formula is C16H25N5O3. The number of aliphatic hydroxyl groups is 3. The molecule has 0 bridgehead atoms. The van der Waals surface area contributed by atoms with Crippen LogP contribution in [0.3, 0.4) is 0 Å². The Bertz CT molecular complexity index is 412. The van der Waals surface area contributed by atoms with Crippen molar-refractivity contribution in [3.63, 3.8) is 0 Å². The molecule has 8 nitrogen and oxygen atoms in total. The van der Waals surface area contributed by atoms with Crippen LogP contribution >= 0.6 is 0 Å². The minimum absolute atomic E-state index is 0.240. The second-order valence-corrected chi connectivity index (χ2v) is 5.96. The fraction of sp³-hybridized carbons (Fsp3) is 0.812. The van der Waals surface area contributed by atoms with Crippen LogP contribution < -0.4 is 10.6 Å². The molecule has 0 aromatic carbocycles. The van der Waals surface area contributed by atoms with E-state index < -0.39 is 36.3 Å². The Morgan fingerprint density at radius 3 is 1.58 bits per heavy atom. The highest BCUT2D eigenvalue weighted by molar-refractivity contribution is 5.05. The van der Waals surface area contributed by atoms with Crippen molar-refractivity contribution in [2.24, 2.45) is 5.92 Å². The van der Waals surface area contributed by atoms with Crippen molar-refractivity contribution in [3.05, 3.63) is 0 Å². The summed E-state index contributed by atoms with van der Waals surface area (Å²) in [7, 11) is 0. The number of aliphatic hydroxyl groups excluding tert-OH is 3. The molecule has 24 heavy (non-hydrogen) atoms. The summed E-state index contributed by atoms with van der Waals surface area (Å²) in [4.78, 5) is 0. The molecule has 0 heterocycles. The Kier molecular flexibility index (Phi) is 9.26. The molecule has 1 saturated carbocycles. The normalized spacial score (nSPS) is 32.5. The Balaban J connectivity index is 2.83. The van der Waals surface area contributed by atoms with Gasteiger partial charge in [-0.1, -0.05) is 0 Å². The van der Waals surface area contributed by atoms with Gasteiger partial charge in [0.25, 0.3) is 0 Å². The third kappa shape index (κ3) is 5.42. The van der Waals surface area contributed by atoms with Crippen LogP contribution in [0.1, 0.15) is 32.1 Å². The summed E-state index contributed by atoms with van der Waals surface area (Å²) in [5.74, 6) is -0.499. The van der Waals surface area contributed by atoms with Gasteiger partial charge in [0, 0.05) is 38.3 Å². The lowest BCUT2D eigenvalue weighted by Crippen LogP contribution is -2.69. The maximum Gasteiger partial charge on any atom is 0.0896 e. The monoisotopic (exact) mass is 335 g/mol. The fourth-order valence-electron chi connectivity index (χ4n) is 3.19. The highest BCUT2D eigenvalue weighted by atomic mass is 16.3. The summed E-state index contributed by atoms with van der Waals surface area (Å²) in [5, 5.41) is 63.4. The quantitative estimate of drug-likeness (QED) is 0.341. The molecule has 0 spiro atoms. The predicted molar refractivity (Wildman–Crippen MR) is 85.0 cm³/mol. The van der Waals surface area contributed by atoms with E-state index >= 15 is 0 Å². The lowest BCUT2D eigenvalue weighted by molar-refractivity contribution is -0.117. The zero-order valence-corrected chi connectivity index (χ0v) is 13.6. The number of hydrogen-bond acceptors (Lipinski definition) is 8. The van der Waals surface area contributed by atoms with Gasteiger partial charge in [0.1, 0.15) is 0 Å². The van der Waals surface area contributed by atoms with Gasteiger partial charge in [-0.2, -0.15) is 15.8 Å². The Hall–Kier alpha value is -1.73. The van der Waals surface area contributed by atoms with Crippen LogP contribution in [0, 0.1) is 39.9 Å². The van der Waals surface area contributed by atoms with Crippen molar-refractivity contribution in [3.8, 4) is 18.2 Å². The molecule has 0 saturated heterocycles. The third-order valence-electron chi connectivity index (χ3n) is 4.41. The van der Waals surface area contributed by atoms with Crippen LogP contribution in [0.4, 0.5) is 0 Å². The summed E-state index contributed by atoms with van der Waals surface area (Å²) < 4.78 is 0. The molecule has 0 radical (unpaired) electrons. The van der Waals surface area contributed by atoms with Crippen LogP contribution in [0.25, 0.3) is 0 Å². The number of nitrogens with one attached hydrogen (secondary N) is 2. The highest BCUT2D eigenvalue weighted by Gasteiger charge is 2.48. The highest BCUT2D eigenvalue weighted by Crippen LogP contribution is 2.30. The van der Waals surface area contributed by atoms with Gasteiger partial charge in [0.15, 0.2) is 0 Å². The van der Waals surface area contributed by atoms with Crippen LogP contribution in [-0.2, 0) is 0 Å². The van der Waals surface area contributed by atoms with Crippen molar-refractivity contribution in [2.75, 3.05) is 13.1 Å². The van der Waals surface area contributed by atoms with Gasteiger partial charge >= 0.3 is 0 Å². The van der Waals surface area contributed by atoms with Crippen LogP contribution in [-0.4, -0.2) is 58.8 Å². The van der Waals surface area contributed by atoms with Gasteiger partial charge in [-0.25, -0.2) is 0 Å². The smallest absolute Gasteiger partial charge is 0.0896 e. The Morgan fingerprint density at radius 2 is 1.17 bits per heavy atom. The Labute approximate surface area is 142 Å². The molecule has 0 aromatic heterocycles. The molecule has 0 amide bonds. The van der Waals surface area contributed by atoms with Gasteiger partial charge in [0.05, 0.1) is 48.6 Å². The van der Waals surface area contributed by atoms with Crippen molar-refractivity contribution in [1.29, 1.82) is 15.8 Å². The lowest BCUT2D eigenvalue weighted by atomic mass is 9.73. The van der Waals surface area contributed by atoms with E-state index in [0.29, 0.717) is 32.4 Å². The molecule has 2 unspecified atom stereocenters. The van der Waals surface area contributed by atoms with E-state index in [0.717, 1.165) is 0 Å². The zero-order valence-electron chi connectivity index (χ0n) is 13.6. The van der Waals surface area contributed by atoms with E-state index in [1.165, 1.54) is 0 Å². The van der Waals surface area contributed by atoms with Crippen LogP contribution in [0.2, 0.25) is 0 Å². The molecular weight excluding hydrogens is 310 g/mol. The average Bonchev–Trinajstić information content (AvgIpc) is 2.57. The first-order chi connectivity index (χ1) is 11.6. The molecule has 0 aromatic rings. The van der Waals surface area contributed by atoms with E-state index in [9.17, 15) is 15.3 Å². The molecule has 8 heteroatoms. The molecule has 132 valence electrons. The number of nitriles is 3. The van der Waals surface area contributed by atoms with E-state index in [-0.39, 0.29) is 12.8 Å². The summed E-state index contributed by atoms with van der Waals surface area (Å²) in [5.41, 5.74) is 0. The third-order valence-corrected chi connectivity index (χ3v) is 4.41. The maximum absolute atomic E-state index is 10.5. The van der Waals surface area contributed by atoms with E-state index in [1.54, 1.807) is 0 Å². The molecule has 1 aliphatic rings. The summed E-state index contributed by atoms with van der Waals surface area (Å²) in [6.07, 6.45) is -1.22. The van der Waals surface area contributed by atoms with Crippen LogP contribution in [0.15, 0.2) is 0 Å². The van der Waals surface area contributed by atoms with Crippen molar-refractivity contribution in [1.82, 2.24) is 10.6 Å². The first-order valence-corrected chi connectivity index (χ1v) is 8.20. The number of rotatable bonds is 9. The number of hydrogen-bond donors (Lipinski definition) is 5. The lowest BCUT2D eigenvalue weighted by Gasteiger charge is -2.47. The first kappa shape index (κ1) is 20.3. The molecule has 1 rings (SSSR count). The minimum Gasteiger partial charge on any atom is -0.391 e. The summed E-state index contributed by atoms with van der Waals surface area (Å²) in [6.45, 7) is 0.641. The summed E-state index contributed by atoms with van der Waals surface area (Å²) in [6, 6.07) is 4.64. The molecule has 1 fully saturated rings. The van der Waals surface area contributed by atoms with E-state index in [4.69, 9.17) is 15.8 Å². The molecule has 5 N–H and O–H groups in total. The standard InChI is InChI=1S/C16H25N5O3/c17-6-2-1-5-11-14(22)12(20-9-3-7-18)16(24)13(15(11)23)21-10-4-8-19/h11-16,20-24H,1-5,9-10H2/t11?,12-,13+,14-,15+,16?. The van der Waals surface area contributed by atoms with Gasteiger partial charge in [-0.15, -0.1) is 0 Å². The summed E-state index contributed by atoms with van der Waals surface area (Å²) >= 11 is 0. The second kappa shape index (κ2) is 10.9. The minimum atomic E-state index is -1.06. The molecule has 0 aliphatic heterocycles. The number of nitrogens with zero attached hydrogens (tertiary/aromatic N) is 3. The van der Waals surface area contributed by atoms with E-state index in [2.05, 4.69) is 10.6 Å². The van der Waals surface area contributed by atoms with Crippen molar-refractivity contribution < 1.29 is 15.3 Å². The van der Waals surface area contributed by atoms with Gasteiger partial charge in [-0.3, -0.25) is 0 Å². The predicted octanol–water partition coefficient (Wildman–Crippen LogP) is -0.863. The van der Waals surface area contributed by atoms with Crippen LogP contribution in [0.5, 0.6) is 0 Å². The van der Waals surface area contributed by atoms with E-state index in [1.807, 2.05) is 18.2 Å². The van der Waals surface area contributed by atoms with Gasteiger partial charge < -0.3 is 26.0 Å². The maximum atomic E-state index is 10.5. The average molecular weight is 335 g/mol. The van der Waals surface area contributed by atoms with Crippen molar-refractivity contribution >= 4 is 0 Å².